The third-order valence-electron chi connectivity index (χ3n) is 3.51. The van der Waals surface area contributed by atoms with Gasteiger partial charge >= 0.3 is 0 Å². The Kier molecular flexibility index (Phi) is 5.42. The van der Waals surface area contributed by atoms with Crippen molar-refractivity contribution < 1.29 is 9.84 Å². The van der Waals surface area contributed by atoms with E-state index in [1.54, 1.807) is 0 Å². The summed E-state index contributed by atoms with van der Waals surface area (Å²) in [5.41, 5.74) is -0.529. The minimum absolute atomic E-state index is 0.284. The second kappa shape index (κ2) is 6.17. The third-order valence-corrected chi connectivity index (χ3v) is 3.51. The van der Waals surface area contributed by atoms with Gasteiger partial charge in [-0.1, -0.05) is 13.8 Å². The molecule has 0 aromatic heterocycles. The van der Waals surface area contributed by atoms with Crippen molar-refractivity contribution in [3.05, 3.63) is 0 Å². The molecule has 1 fully saturated rings. The number of hydrogen-bond donors (Lipinski definition) is 1. The van der Waals surface area contributed by atoms with Crippen molar-refractivity contribution in [2.75, 3.05) is 13.2 Å². The normalized spacial score (nSPS) is 24.5. The molecule has 0 aromatic carbocycles. The Bertz CT molecular complexity index is 223. The summed E-state index contributed by atoms with van der Waals surface area (Å²) in [6.07, 6.45) is 3.37. The summed E-state index contributed by atoms with van der Waals surface area (Å²) in [6, 6.07) is 0.548. The standard InChI is InChI=1S/C14H29NO2/c1-11(2)13-15(9-10-17-13)12(3)7-6-8-14(4,5)16/h11-13,16H,6-10H2,1-5H3/t12-,13+/m1/s1. The predicted molar refractivity (Wildman–Crippen MR) is 70.9 cm³/mol. The fraction of sp³-hybridized carbons (Fsp3) is 1.00. The van der Waals surface area contributed by atoms with Crippen LogP contribution in [0.4, 0.5) is 0 Å². The van der Waals surface area contributed by atoms with Crippen LogP contribution in [0.25, 0.3) is 0 Å². The van der Waals surface area contributed by atoms with E-state index in [2.05, 4.69) is 25.7 Å². The van der Waals surface area contributed by atoms with Crippen molar-refractivity contribution in [2.24, 2.45) is 5.92 Å². The van der Waals surface area contributed by atoms with Crippen LogP contribution in [0.15, 0.2) is 0 Å². The van der Waals surface area contributed by atoms with Crippen LogP contribution in [0.2, 0.25) is 0 Å². The Balaban J connectivity index is 2.34. The minimum Gasteiger partial charge on any atom is -0.390 e. The highest BCUT2D eigenvalue weighted by Crippen LogP contribution is 2.23. The van der Waals surface area contributed by atoms with Crippen molar-refractivity contribution in [3.63, 3.8) is 0 Å². The van der Waals surface area contributed by atoms with Crippen LogP contribution in [0.1, 0.15) is 53.9 Å². The Morgan fingerprint density at radius 3 is 2.53 bits per heavy atom. The maximum absolute atomic E-state index is 9.70. The quantitative estimate of drug-likeness (QED) is 0.778. The van der Waals surface area contributed by atoms with E-state index >= 15 is 0 Å². The topological polar surface area (TPSA) is 32.7 Å². The smallest absolute Gasteiger partial charge is 0.113 e. The van der Waals surface area contributed by atoms with Crippen molar-refractivity contribution in [2.45, 2.75) is 71.8 Å². The fourth-order valence-electron chi connectivity index (χ4n) is 2.54. The van der Waals surface area contributed by atoms with Gasteiger partial charge < -0.3 is 9.84 Å². The second-order valence-corrected chi connectivity index (χ2v) is 6.30. The highest BCUT2D eigenvalue weighted by atomic mass is 16.5. The lowest BCUT2D eigenvalue weighted by Gasteiger charge is -2.32. The number of nitrogens with zero attached hydrogens (tertiary/aromatic N) is 1. The molecule has 1 saturated heterocycles. The zero-order valence-electron chi connectivity index (χ0n) is 12.1. The molecule has 102 valence electrons. The van der Waals surface area contributed by atoms with Crippen molar-refractivity contribution in [1.82, 2.24) is 4.90 Å². The molecule has 0 aliphatic carbocycles. The summed E-state index contributed by atoms with van der Waals surface area (Å²) in [6.45, 7) is 12.4. The molecule has 0 amide bonds. The summed E-state index contributed by atoms with van der Waals surface area (Å²) in [5, 5.41) is 9.70. The van der Waals surface area contributed by atoms with Gasteiger partial charge in [-0.2, -0.15) is 0 Å². The average molecular weight is 243 g/mol. The van der Waals surface area contributed by atoms with Crippen LogP contribution in [-0.4, -0.2) is 41.0 Å². The number of aliphatic hydroxyl groups is 1. The van der Waals surface area contributed by atoms with E-state index in [1.165, 1.54) is 0 Å². The SMILES string of the molecule is CC(C)[C@@H]1OCCN1[C@H](C)CCCC(C)(C)O. The molecule has 3 nitrogen and oxygen atoms in total. The third kappa shape index (κ3) is 4.94. The molecule has 0 spiro atoms. The summed E-state index contributed by atoms with van der Waals surface area (Å²) >= 11 is 0. The van der Waals surface area contributed by atoms with Crippen LogP contribution in [0, 0.1) is 5.92 Å². The maximum atomic E-state index is 9.70. The molecule has 3 heteroatoms. The molecular formula is C14H29NO2. The Morgan fingerprint density at radius 1 is 1.35 bits per heavy atom. The predicted octanol–water partition coefficient (Wildman–Crippen LogP) is 2.63. The summed E-state index contributed by atoms with van der Waals surface area (Å²) in [7, 11) is 0. The first-order valence-corrected chi connectivity index (χ1v) is 6.91. The molecular weight excluding hydrogens is 214 g/mol. The molecule has 0 radical (unpaired) electrons. The first-order valence-electron chi connectivity index (χ1n) is 6.91. The van der Waals surface area contributed by atoms with Gasteiger partial charge in [-0.25, -0.2) is 0 Å². The van der Waals surface area contributed by atoms with Crippen LogP contribution in [0.5, 0.6) is 0 Å². The van der Waals surface area contributed by atoms with Crippen LogP contribution >= 0.6 is 0 Å². The molecule has 1 N–H and O–H groups in total. The van der Waals surface area contributed by atoms with E-state index in [9.17, 15) is 5.11 Å². The van der Waals surface area contributed by atoms with Gasteiger partial charge in [-0.05, 0) is 46.0 Å². The van der Waals surface area contributed by atoms with Gasteiger partial charge in [-0.3, -0.25) is 4.90 Å². The molecule has 0 aromatic rings. The Labute approximate surface area is 106 Å². The van der Waals surface area contributed by atoms with E-state index in [-0.39, 0.29) is 6.23 Å². The van der Waals surface area contributed by atoms with Gasteiger partial charge in [0.15, 0.2) is 0 Å². The number of hydrogen-bond acceptors (Lipinski definition) is 3. The van der Waals surface area contributed by atoms with Gasteiger partial charge in [0.05, 0.1) is 12.2 Å². The highest BCUT2D eigenvalue weighted by Gasteiger charge is 2.31. The monoisotopic (exact) mass is 243 g/mol. The molecule has 0 unspecified atom stereocenters. The van der Waals surface area contributed by atoms with Gasteiger partial charge in [0.25, 0.3) is 0 Å². The molecule has 1 heterocycles. The van der Waals surface area contributed by atoms with Crippen LogP contribution in [0.3, 0.4) is 0 Å². The Hall–Kier alpha value is -0.120. The van der Waals surface area contributed by atoms with Crippen LogP contribution < -0.4 is 0 Å². The molecule has 0 bridgehead atoms. The lowest BCUT2D eigenvalue weighted by atomic mass is 9.99. The zero-order valence-corrected chi connectivity index (χ0v) is 12.1. The summed E-state index contributed by atoms with van der Waals surface area (Å²) < 4.78 is 5.77. The van der Waals surface area contributed by atoms with Crippen molar-refractivity contribution >= 4 is 0 Å². The van der Waals surface area contributed by atoms with Gasteiger partial charge in [0, 0.05) is 12.6 Å². The van der Waals surface area contributed by atoms with E-state index < -0.39 is 5.60 Å². The van der Waals surface area contributed by atoms with E-state index in [1.807, 2.05) is 13.8 Å². The van der Waals surface area contributed by atoms with Crippen molar-refractivity contribution in [1.29, 1.82) is 0 Å². The highest BCUT2D eigenvalue weighted by molar-refractivity contribution is 4.78. The van der Waals surface area contributed by atoms with Crippen molar-refractivity contribution in [3.8, 4) is 0 Å². The summed E-state index contributed by atoms with van der Waals surface area (Å²) in [5.74, 6) is 0.550. The zero-order chi connectivity index (χ0) is 13.1. The number of ether oxygens (including phenoxy) is 1. The lowest BCUT2D eigenvalue weighted by Crippen LogP contribution is -2.40. The first-order chi connectivity index (χ1) is 7.81. The molecule has 17 heavy (non-hydrogen) atoms. The fourth-order valence-corrected chi connectivity index (χ4v) is 2.54. The second-order valence-electron chi connectivity index (χ2n) is 6.30. The Morgan fingerprint density at radius 2 is 2.00 bits per heavy atom. The maximum Gasteiger partial charge on any atom is 0.113 e. The van der Waals surface area contributed by atoms with Gasteiger partial charge in [-0.15, -0.1) is 0 Å². The number of rotatable bonds is 6. The largest absolute Gasteiger partial charge is 0.390 e. The van der Waals surface area contributed by atoms with E-state index in [0.29, 0.717) is 12.0 Å². The van der Waals surface area contributed by atoms with Gasteiger partial charge in [0.2, 0.25) is 0 Å². The van der Waals surface area contributed by atoms with E-state index in [0.717, 1.165) is 32.4 Å². The minimum atomic E-state index is -0.529. The van der Waals surface area contributed by atoms with Gasteiger partial charge in [0.1, 0.15) is 6.23 Å². The summed E-state index contributed by atoms with van der Waals surface area (Å²) in [4.78, 5) is 2.47. The average Bonchev–Trinajstić information content (AvgIpc) is 2.63. The van der Waals surface area contributed by atoms with E-state index in [4.69, 9.17) is 4.74 Å². The van der Waals surface area contributed by atoms with Crippen LogP contribution in [-0.2, 0) is 4.74 Å². The lowest BCUT2D eigenvalue weighted by molar-refractivity contribution is -0.0204. The molecule has 1 aliphatic rings. The molecule has 2 atom stereocenters. The molecule has 0 saturated carbocycles. The molecule has 1 aliphatic heterocycles. The molecule has 1 rings (SSSR count). The first kappa shape index (κ1) is 14.9.